The van der Waals surface area contributed by atoms with Crippen LogP contribution in [0.4, 0.5) is 10.6 Å². The fraction of sp³-hybridized carbons (Fsp3) is 0.500. The van der Waals surface area contributed by atoms with Gasteiger partial charge in [-0.2, -0.15) is 0 Å². The van der Waals surface area contributed by atoms with Crippen molar-refractivity contribution in [3.05, 3.63) is 36.9 Å². The van der Waals surface area contributed by atoms with E-state index < -0.39 is 5.60 Å². The number of hydrogen-bond acceptors (Lipinski definition) is 5. The SMILES string of the molecule is C=C(C)c1cn2c(C(=C)C)cnc2c(NC2CCN(C(=O)OC(C)(C)C)CC2)n1. The number of ether oxygens (including phenoxy) is 1. The number of piperidine rings is 1. The molecule has 0 radical (unpaired) electrons. The topological polar surface area (TPSA) is 71.8 Å². The minimum Gasteiger partial charge on any atom is -0.444 e. The summed E-state index contributed by atoms with van der Waals surface area (Å²) in [5.41, 5.74) is 3.87. The molecular weight excluding hydrogens is 366 g/mol. The van der Waals surface area contributed by atoms with Crippen LogP contribution in [0.1, 0.15) is 58.8 Å². The molecule has 1 aliphatic rings. The molecule has 0 aliphatic carbocycles. The first-order valence-electron chi connectivity index (χ1n) is 9.99. The highest BCUT2D eigenvalue weighted by atomic mass is 16.6. The molecule has 1 saturated heterocycles. The van der Waals surface area contributed by atoms with Crippen LogP contribution in [-0.4, -0.2) is 50.1 Å². The number of nitrogens with one attached hydrogen (secondary N) is 1. The van der Waals surface area contributed by atoms with Crippen molar-refractivity contribution < 1.29 is 9.53 Å². The van der Waals surface area contributed by atoms with Gasteiger partial charge >= 0.3 is 6.09 Å². The Kier molecular flexibility index (Phi) is 5.68. The number of nitrogens with zero attached hydrogens (tertiary/aromatic N) is 4. The predicted octanol–water partition coefficient (Wildman–Crippen LogP) is 4.61. The smallest absolute Gasteiger partial charge is 0.410 e. The van der Waals surface area contributed by atoms with E-state index in [0.717, 1.165) is 46.8 Å². The number of rotatable bonds is 4. The molecule has 0 aromatic carbocycles. The highest BCUT2D eigenvalue weighted by Gasteiger charge is 2.27. The van der Waals surface area contributed by atoms with Gasteiger partial charge in [0, 0.05) is 25.3 Å². The van der Waals surface area contributed by atoms with Crippen LogP contribution < -0.4 is 5.32 Å². The van der Waals surface area contributed by atoms with Crippen LogP contribution in [0.3, 0.4) is 0 Å². The Balaban J connectivity index is 1.76. The Morgan fingerprint density at radius 2 is 1.86 bits per heavy atom. The second-order valence-electron chi connectivity index (χ2n) is 8.76. The molecule has 0 saturated carbocycles. The lowest BCUT2D eigenvalue weighted by atomic mass is 10.1. The van der Waals surface area contributed by atoms with Crippen LogP contribution in [0.25, 0.3) is 16.8 Å². The average Bonchev–Trinajstić information content (AvgIpc) is 3.05. The van der Waals surface area contributed by atoms with Crippen LogP contribution >= 0.6 is 0 Å². The van der Waals surface area contributed by atoms with Crippen molar-refractivity contribution in [2.24, 2.45) is 0 Å². The van der Waals surface area contributed by atoms with Gasteiger partial charge in [-0.1, -0.05) is 13.2 Å². The number of anilines is 1. The van der Waals surface area contributed by atoms with Gasteiger partial charge in [-0.05, 0) is 58.6 Å². The summed E-state index contributed by atoms with van der Waals surface area (Å²) in [5, 5.41) is 3.54. The zero-order valence-corrected chi connectivity index (χ0v) is 18.1. The zero-order chi connectivity index (χ0) is 21.3. The summed E-state index contributed by atoms with van der Waals surface area (Å²) >= 11 is 0. The average molecular weight is 398 g/mol. The highest BCUT2D eigenvalue weighted by Crippen LogP contribution is 2.25. The number of allylic oxidation sites excluding steroid dienone is 2. The van der Waals surface area contributed by atoms with Gasteiger partial charge in [-0.25, -0.2) is 14.8 Å². The summed E-state index contributed by atoms with van der Waals surface area (Å²) in [4.78, 5) is 23.3. The molecule has 0 unspecified atom stereocenters. The van der Waals surface area contributed by atoms with Crippen LogP contribution in [0, 0.1) is 0 Å². The first-order valence-corrected chi connectivity index (χ1v) is 9.99. The number of likely N-dealkylation sites (tertiary alicyclic amines) is 1. The summed E-state index contributed by atoms with van der Waals surface area (Å²) in [7, 11) is 0. The van der Waals surface area contributed by atoms with Gasteiger partial charge in [0.15, 0.2) is 11.5 Å². The Labute approximate surface area is 172 Å². The quantitative estimate of drug-likeness (QED) is 0.816. The minimum atomic E-state index is -0.480. The lowest BCUT2D eigenvalue weighted by Gasteiger charge is -2.34. The van der Waals surface area contributed by atoms with Crippen molar-refractivity contribution in [1.29, 1.82) is 0 Å². The van der Waals surface area contributed by atoms with Gasteiger partial charge < -0.3 is 15.0 Å². The fourth-order valence-corrected chi connectivity index (χ4v) is 3.33. The van der Waals surface area contributed by atoms with E-state index in [2.05, 4.69) is 23.5 Å². The summed E-state index contributed by atoms with van der Waals surface area (Å²) in [6.07, 6.45) is 5.15. The second kappa shape index (κ2) is 7.89. The maximum atomic E-state index is 12.3. The summed E-state index contributed by atoms with van der Waals surface area (Å²) < 4.78 is 7.49. The Morgan fingerprint density at radius 3 is 2.41 bits per heavy atom. The molecule has 0 bridgehead atoms. The molecule has 3 rings (SSSR count). The molecule has 1 amide bonds. The molecule has 1 fully saturated rings. The van der Waals surface area contributed by atoms with Gasteiger partial charge in [0.05, 0.1) is 17.6 Å². The number of hydrogen-bond donors (Lipinski definition) is 1. The van der Waals surface area contributed by atoms with Crippen molar-refractivity contribution >= 4 is 28.7 Å². The molecule has 3 heterocycles. The van der Waals surface area contributed by atoms with Crippen molar-refractivity contribution in [2.75, 3.05) is 18.4 Å². The van der Waals surface area contributed by atoms with Crippen molar-refractivity contribution in [3.8, 4) is 0 Å². The largest absolute Gasteiger partial charge is 0.444 e. The maximum absolute atomic E-state index is 12.3. The normalized spacial score (nSPS) is 15.4. The van der Waals surface area contributed by atoms with E-state index in [0.29, 0.717) is 13.1 Å². The molecule has 2 aromatic rings. The molecule has 2 aromatic heterocycles. The summed E-state index contributed by atoms with van der Waals surface area (Å²) in [5.74, 6) is 0.730. The molecule has 156 valence electrons. The van der Waals surface area contributed by atoms with Crippen LogP contribution in [0.15, 0.2) is 25.6 Å². The first kappa shape index (κ1) is 20.9. The van der Waals surface area contributed by atoms with E-state index in [1.165, 1.54) is 0 Å². The van der Waals surface area contributed by atoms with Crippen molar-refractivity contribution in [1.82, 2.24) is 19.3 Å². The molecule has 29 heavy (non-hydrogen) atoms. The van der Waals surface area contributed by atoms with Gasteiger partial charge in [0.2, 0.25) is 0 Å². The van der Waals surface area contributed by atoms with E-state index in [9.17, 15) is 4.79 Å². The first-order chi connectivity index (χ1) is 13.5. The number of carbonyl (C=O) groups is 1. The monoisotopic (exact) mass is 397 g/mol. The third-order valence-corrected chi connectivity index (χ3v) is 4.85. The highest BCUT2D eigenvalue weighted by molar-refractivity contribution is 5.72. The van der Waals surface area contributed by atoms with E-state index >= 15 is 0 Å². The molecule has 0 spiro atoms. The second-order valence-corrected chi connectivity index (χ2v) is 8.76. The minimum absolute atomic E-state index is 0.204. The molecule has 7 heteroatoms. The van der Waals surface area contributed by atoms with E-state index in [1.54, 1.807) is 4.90 Å². The molecule has 1 N–H and O–H groups in total. The fourth-order valence-electron chi connectivity index (χ4n) is 3.33. The summed E-state index contributed by atoms with van der Waals surface area (Å²) in [6, 6.07) is 0.204. The zero-order valence-electron chi connectivity index (χ0n) is 18.1. The van der Waals surface area contributed by atoms with Gasteiger partial charge in [0.25, 0.3) is 0 Å². The van der Waals surface area contributed by atoms with Gasteiger partial charge in [-0.15, -0.1) is 0 Å². The standard InChI is InChI=1S/C22H31N5O2/c1-14(2)17-13-27-18(15(3)4)12-23-20(27)19(25-17)24-16-8-10-26(11-9-16)21(28)29-22(5,6)7/h12-13,16H,1,3,8-11H2,2,4-7H3,(H,24,25). The van der Waals surface area contributed by atoms with E-state index in [-0.39, 0.29) is 12.1 Å². The molecule has 7 nitrogen and oxygen atoms in total. The Hall–Kier alpha value is -2.83. The number of imidazole rings is 1. The molecule has 1 aliphatic heterocycles. The number of carbonyl (C=O) groups excluding carboxylic acids is 1. The number of amides is 1. The predicted molar refractivity (Wildman–Crippen MR) is 117 cm³/mol. The number of fused-ring (bicyclic) bond motifs is 1. The van der Waals surface area contributed by atoms with E-state index in [1.807, 2.05) is 51.4 Å². The van der Waals surface area contributed by atoms with E-state index in [4.69, 9.17) is 9.72 Å². The third-order valence-electron chi connectivity index (χ3n) is 4.85. The maximum Gasteiger partial charge on any atom is 0.410 e. The van der Waals surface area contributed by atoms with Crippen LogP contribution in [0.2, 0.25) is 0 Å². The number of aromatic nitrogens is 3. The molecular formula is C22H31N5O2. The lowest BCUT2D eigenvalue weighted by molar-refractivity contribution is 0.0210. The lowest BCUT2D eigenvalue weighted by Crippen LogP contribution is -2.44. The van der Waals surface area contributed by atoms with Gasteiger partial charge in [-0.3, -0.25) is 4.40 Å². The van der Waals surface area contributed by atoms with Crippen molar-refractivity contribution in [3.63, 3.8) is 0 Å². The summed E-state index contributed by atoms with van der Waals surface area (Å²) in [6.45, 7) is 18.9. The molecule has 0 atom stereocenters. The van der Waals surface area contributed by atoms with Crippen molar-refractivity contribution in [2.45, 2.75) is 59.1 Å². The Morgan fingerprint density at radius 1 is 1.21 bits per heavy atom. The third kappa shape index (κ3) is 4.78. The van der Waals surface area contributed by atoms with Crippen LogP contribution in [-0.2, 0) is 4.74 Å². The Bertz CT molecular complexity index is 946. The van der Waals surface area contributed by atoms with Gasteiger partial charge in [0.1, 0.15) is 5.60 Å². The van der Waals surface area contributed by atoms with Crippen LogP contribution in [0.5, 0.6) is 0 Å².